The van der Waals surface area contributed by atoms with E-state index in [0.717, 1.165) is 38.5 Å². The summed E-state index contributed by atoms with van der Waals surface area (Å²) >= 11 is 0. The van der Waals surface area contributed by atoms with E-state index in [0.29, 0.717) is 0 Å². The molecule has 0 spiro atoms. The SMILES string of the molecule is CCCO[Si](C)(CCCCN(C(=O)O[Si](C)(C)C)[Si](C)(C)C)OC. The fourth-order valence-corrected chi connectivity index (χ4v) is 6.43. The van der Waals surface area contributed by atoms with E-state index in [1.165, 1.54) is 0 Å². The zero-order valence-corrected chi connectivity index (χ0v) is 20.3. The molecular weight excluding hydrogens is 354 g/mol. The lowest BCUT2D eigenvalue weighted by Crippen LogP contribution is -2.52. The van der Waals surface area contributed by atoms with E-state index >= 15 is 0 Å². The summed E-state index contributed by atoms with van der Waals surface area (Å²) in [6, 6.07) is 0.964. The summed E-state index contributed by atoms with van der Waals surface area (Å²) in [5.74, 6) is 0. The maximum atomic E-state index is 12.5. The molecule has 1 unspecified atom stereocenters. The Bertz CT molecular complexity index is 382. The molecule has 0 aliphatic rings. The van der Waals surface area contributed by atoms with Crippen molar-refractivity contribution in [3.8, 4) is 0 Å². The van der Waals surface area contributed by atoms with Gasteiger partial charge in [-0.1, -0.05) is 26.6 Å². The highest BCUT2D eigenvalue weighted by Gasteiger charge is 2.33. The number of hydrogen-bond acceptors (Lipinski definition) is 4. The monoisotopic (exact) mass is 393 g/mol. The highest BCUT2D eigenvalue weighted by molar-refractivity contribution is 6.76. The molecule has 0 rings (SSSR count). The van der Waals surface area contributed by atoms with E-state index < -0.39 is 25.1 Å². The lowest BCUT2D eigenvalue weighted by atomic mass is 10.3. The van der Waals surface area contributed by atoms with Gasteiger partial charge in [0.1, 0.15) is 0 Å². The van der Waals surface area contributed by atoms with Crippen molar-refractivity contribution in [1.82, 2.24) is 4.57 Å². The predicted octanol–water partition coefficient (Wildman–Crippen LogP) is 5.02. The molecule has 0 aliphatic carbocycles. The Balaban J connectivity index is 4.56. The van der Waals surface area contributed by atoms with Crippen LogP contribution >= 0.6 is 0 Å². The van der Waals surface area contributed by atoms with Gasteiger partial charge in [-0.3, -0.25) is 0 Å². The smallest absolute Gasteiger partial charge is 0.388 e. The zero-order valence-electron chi connectivity index (χ0n) is 17.3. The fourth-order valence-electron chi connectivity index (χ4n) is 2.28. The van der Waals surface area contributed by atoms with Gasteiger partial charge in [0.05, 0.1) is 0 Å². The van der Waals surface area contributed by atoms with Gasteiger partial charge >= 0.3 is 14.7 Å². The summed E-state index contributed by atoms with van der Waals surface area (Å²) in [7, 11) is -3.90. The molecule has 0 aromatic heterocycles. The van der Waals surface area contributed by atoms with Gasteiger partial charge in [0.15, 0.2) is 8.24 Å². The summed E-state index contributed by atoms with van der Waals surface area (Å²) < 4.78 is 19.3. The third-order valence-electron chi connectivity index (χ3n) is 3.73. The van der Waals surface area contributed by atoms with Crippen LogP contribution in [0.2, 0.25) is 51.9 Å². The van der Waals surface area contributed by atoms with Crippen LogP contribution in [0, 0.1) is 0 Å². The molecule has 1 atom stereocenters. The molecule has 24 heavy (non-hydrogen) atoms. The van der Waals surface area contributed by atoms with Crippen LogP contribution in [-0.2, 0) is 13.3 Å². The molecule has 0 N–H and O–H groups in total. The van der Waals surface area contributed by atoms with E-state index in [-0.39, 0.29) is 6.09 Å². The van der Waals surface area contributed by atoms with Gasteiger partial charge in [-0.2, -0.15) is 0 Å². The largest absolute Gasteiger partial charge is 0.505 e. The maximum Gasteiger partial charge on any atom is 0.388 e. The average Bonchev–Trinajstić information content (AvgIpc) is 2.41. The van der Waals surface area contributed by atoms with E-state index in [1.54, 1.807) is 7.11 Å². The second-order valence-electron chi connectivity index (χ2n) is 8.45. The number of amides is 1. The molecule has 0 aliphatic heterocycles. The van der Waals surface area contributed by atoms with Crippen molar-refractivity contribution >= 4 is 31.2 Å². The van der Waals surface area contributed by atoms with Gasteiger partial charge < -0.3 is 17.8 Å². The Morgan fingerprint density at radius 1 is 1.00 bits per heavy atom. The van der Waals surface area contributed by atoms with Crippen molar-refractivity contribution in [2.45, 2.75) is 78.1 Å². The van der Waals surface area contributed by atoms with Crippen LogP contribution in [0.15, 0.2) is 0 Å². The molecule has 0 saturated heterocycles. The number of unbranched alkanes of at least 4 members (excludes halogenated alkanes) is 1. The topological polar surface area (TPSA) is 48.0 Å². The Morgan fingerprint density at radius 3 is 2.00 bits per heavy atom. The van der Waals surface area contributed by atoms with Crippen LogP contribution in [0.5, 0.6) is 0 Å². The normalized spacial score (nSPS) is 15.0. The van der Waals surface area contributed by atoms with Crippen molar-refractivity contribution in [3.05, 3.63) is 0 Å². The van der Waals surface area contributed by atoms with Crippen molar-refractivity contribution < 1.29 is 18.1 Å². The Kier molecular flexibility index (Phi) is 10.0. The van der Waals surface area contributed by atoms with Gasteiger partial charge in [0.25, 0.3) is 0 Å². The number of hydrogen-bond donors (Lipinski definition) is 0. The van der Waals surface area contributed by atoms with Gasteiger partial charge in [-0.15, -0.1) is 0 Å². The van der Waals surface area contributed by atoms with E-state index in [1.807, 2.05) is 24.2 Å². The van der Waals surface area contributed by atoms with Crippen LogP contribution in [0.25, 0.3) is 0 Å². The quantitative estimate of drug-likeness (QED) is 0.365. The highest BCUT2D eigenvalue weighted by Crippen LogP contribution is 2.19. The van der Waals surface area contributed by atoms with Crippen LogP contribution in [-0.4, -0.2) is 56.0 Å². The Labute approximate surface area is 152 Å². The van der Waals surface area contributed by atoms with E-state index in [4.69, 9.17) is 13.3 Å². The fraction of sp³-hybridized carbons (Fsp3) is 0.938. The molecule has 0 saturated carbocycles. The van der Waals surface area contributed by atoms with Crippen molar-refractivity contribution in [1.29, 1.82) is 0 Å². The number of carbonyl (C=O) groups excluding carboxylic acids is 1. The van der Waals surface area contributed by atoms with Gasteiger partial charge in [0.2, 0.25) is 8.32 Å². The van der Waals surface area contributed by atoms with E-state index in [2.05, 4.69) is 33.1 Å². The molecule has 0 fully saturated rings. The lowest BCUT2D eigenvalue weighted by Gasteiger charge is -2.36. The molecule has 1 amide bonds. The molecule has 0 heterocycles. The summed E-state index contributed by atoms with van der Waals surface area (Å²) in [4.78, 5) is 12.5. The molecule has 0 aromatic rings. The second-order valence-corrected chi connectivity index (χ2v) is 21.2. The summed E-state index contributed by atoms with van der Waals surface area (Å²) in [5.41, 5.74) is 0. The Morgan fingerprint density at radius 2 is 1.58 bits per heavy atom. The molecule has 5 nitrogen and oxygen atoms in total. The molecule has 0 bridgehead atoms. The highest BCUT2D eigenvalue weighted by atomic mass is 28.4. The van der Waals surface area contributed by atoms with Crippen LogP contribution in [0.1, 0.15) is 26.2 Å². The van der Waals surface area contributed by atoms with Gasteiger partial charge in [-0.05, 0) is 51.5 Å². The molecular formula is C16H39NO4Si3. The third kappa shape index (κ3) is 9.97. The Hall–Kier alpha value is -0.159. The summed E-state index contributed by atoms with van der Waals surface area (Å²) in [6.07, 6.45) is 2.87. The maximum absolute atomic E-state index is 12.5. The first kappa shape index (κ1) is 23.8. The number of carbonyl (C=O) groups is 1. The predicted molar refractivity (Wildman–Crippen MR) is 109 cm³/mol. The van der Waals surface area contributed by atoms with Crippen molar-refractivity contribution in [2.75, 3.05) is 20.3 Å². The summed E-state index contributed by atoms with van der Waals surface area (Å²) in [6.45, 7) is 18.5. The molecule has 0 aromatic carbocycles. The van der Waals surface area contributed by atoms with E-state index in [9.17, 15) is 4.79 Å². The second kappa shape index (κ2) is 10.1. The zero-order chi connectivity index (χ0) is 19.0. The standard InChI is InChI=1S/C16H39NO4Si3/c1-10-14-20-24(9,19-2)15-12-11-13-17(22(3,4)5)16(18)21-23(6,7)8/h10-15H2,1-9H3. The number of rotatable bonds is 11. The molecule has 8 heteroatoms. The third-order valence-corrected chi connectivity index (χ3v) is 9.48. The van der Waals surface area contributed by atoms with Crippen molar-refractivity contribution in [3.63, 3.8) is 0 Å². The first-order valence-electron chi connectivity index (χ1n) is 9.04. The van der Waals surface area contributed by atoms with Crippen LogP contribution < -0.4 is 0 Å². The van der Waals surface area contributed by atoms with Crippen molar-refractivity contribution in [2.24, 2.45) is 0 Å². The summed E-state index contributed by atoms with van der Waals surface area (Å²) in [5, 5.41) is 0. The molecule has 144 valence electrons. The number of nitrogens with zero attached hydrogens (tertiary/aromatic N) is 1. The minimum Gasteiger partial charge on any atom is -0.505 e. The minimum absolute atomic E-state index is 0.123. The van der Waals surface area contributed by atoms with Gasteiger partial charge in [0, 0.05) is 20.3 Å². The lowest BCUT2D eigenvalue weighted by molar-refractivity contribution is 0.174. The minimum atomic E-state index is -2.04. The van der Waals surface area contributed by atoms with Crippen LogP contribution in [0.3, 0.4) is 0 Å². The first-order valence-corrected chi connectivity index (χ1v) is 18.4. The molecule has 0 radical (unpaired) electrons. The first-order chi connectivity index (χ1) is 10.8. The van der Waals surface area contributed by atoms with Gasteiger partial charge in [-0.25, -0.2) is 4.79 Å². The average molecular weight is 394 g/mol. The van der Waals surface area contributed by atoms with Crippen LogP contribution in [0.4, 0.5) is 4.79 Å².